The summed E-state index contributed by atoms with van der Waals surface area (Å²) in [7, 11) is 0. The summed E-state index contributed by atoms with van der Waals surface area (Å²) in [4.78, 5) is 4.32. The van der Waals surface area contributed by atoms with Gasteiger partial charge in [0.25, 0.3) is 0 Å². The second kappa shape index (κ2) is 8.82. The van der Waals surface area contributed by atoms with E-state index in [1.54, 1.807) is 0 Å². The molecule has 1 aromatic rings. The number of thioether (sulfide) groups is 1. The summed E-state index contributed by atoms with van der Waals surface area (Å²) in [5.74, 6) is 1.26. The lowest BCUT2D eigenvalue weighted by atomic mass is 10.1. The van der Waals surface area contributed by atoms with E-state index in [1.165, 1.54) is 25.0 Å². The van der Waals surface area contributed by atoms with Crippen LogP contribution in [0.2, 0.25) is 0 Å². The summed E-state index contributed by atoms with van der Waals surface area (Å²) >= 11 is 1.91. The van der Waals surface area contributed by atoms with Crippen molar-refractivity contribution in [1.82, 2.24) is 4.98 Å². The summed E-state index contributed by atoms with van der Waals surface area (Å²) in [6, 6.07) is 4.19. The van der Waals surface area contributed by atoms with E-state index in [2.05, 4.69) is 22.6 Å². The molecule has 104 valence electrons. The first kappa shape index (κ1) is 15.8. The Morgan fingerprint density at radius 3 is 2.68 bits per heavy atom. The average Bonchev–Trinajstić information content (AvgIpc) is 2.37. The van der Waals surface area contributed by atoms with Gasteiger partial charge in [0.1, 0.15) is 6.07 Å². The van der Waals surface area contributed by atoms with Crippen LogP contribution in [0.5, 0.6) is 0 Å². The van der Waals surface area contributed by atoms with Crippen molar-refractivity contribution >= 4 is 17.4 Å². The van der Waals surface area contributed by atoms with Gasteiger partial charge >= 0.3 is 0 Å². The van der Waals surface area contributed by atoms with Crippen LogP contribution in [0.1, 0.15) is 42.6 Å². The van der Waals surface area contributed by atoms with Crippen LogP contribution in [0.25, 0.3) is 0 Å². The third-order valence-corrected chi connectivity index (χ3v) is 3.73. The molecule has 1 rings (SSSR count). The third-order valence-electron chi connectivity index (χ3n) is 3.03. The molecule has 0 saturated carbocycles. The maximum atomic E-state index is 9.16. The van der Waals surface area contributed by atoms with Gasteiger partial charge in [0.2, 0.25) is 0 Å². The molecule has 1 aromatic heterocycles. The smallest absolute Gasteiger partial charge is 0.103 e. The molecular weight excluding hydrogens is 254 g/mol. The number of anilines is 1. The molecule has 0 radical (unpaired) electrons. The molecule has 0 aliphatic heterocycles. The van der Waals surface area contributed by atoms with Gasteiger partial charge in [0.05, 0.1) is 16.9 Å². The van der Waals surface area contributed by atoms with E-state index in [-0.39, 0.29) is 0 Å². The van der Waals surface area contributed by atoms with Crippen molar-refractivity contribution in [1.29, 1.82) is 5.26 Å². The Kier molecular flexibility index (Phi) is 7.35. The molecule has 0 saturated heterocycles. The average molecular weight is 277 g/mol. The summed E-state index contributed by atoms with van der Waals surface area (Å²) in [6.45, 7) is 4.78. The first-order chi connectivity index (χ1) is 9.19. The molecule has 0 bridgehead atoms. The highest BCUT2D eigenvalue weighted by atomic mass is 32.2. The lowest BCUT2D eigenvalue weighted by molar-refractivity contribution is 0.689. The Labute approximate surface area is 120 Å². The normalized spacial score (nSPS) is 10.2. The van der Waals surface area contributed by atoms with Crippen LogP contribution in [0, 0.1) is 25.2 Å². The topological polar surface area (TPSA) is 48.7 Å². The predicted octanol–water partition coefficient (Wildman–Crippen LogP) is 3.91. The van der Waals surface area contributed by atoms with E-state index in [0.29, 0.717) is 5.56 Å². The molecular formula is C15H23N3S. The van der Waals surface area contributed by atoms with Gasteiger partial charge in [0, 0.05) is 12.2 Å². The fourth-order valence-corrected chi connectivity index (χ4v) is 2.55. The van der Waals surface area contributed by atoms with E-state index in [0.717, 1.165) is 30.0 Å². The van der Waals surface area contributed by atoms with Gasteiger partial charge in [0.15, 0.2) is 0 Å². The van der Waals surface area contributed by atoms with Crippen LogP contribution < -0.4 is 5.32 Å². The number of unbranched alkanes of at least 4 members (excludes halogenated alkanes) is 3. The standard InChI is InChI=1S/C15H23N3S/c1-12-10-15(14(11-16)13(2)18-12)17-8-6-4-5-7-9-19-3/h10H,4-9H2,1-3H3,(H,17,18). The van der Waals surface area contributed by atoms with Crippen molar-refractivity contribution in [3.63, 3.8) is 0 Å². The molecule has 3 nitrogen and oxygen atoms in total. The Balaban J connectivity index is 2.39. The molecule has 0 fully saturated rings. The molecule has 0 atom stereocenters. The van der Waals surface area contributed by atoms with Crippen LogP contribution in [-0.4, -0.2) is 23.5 Å². The van der Waals surface area contributed by atoms with E-state index in [4.69, 9.17) is 5.26 Å². The van der Waals surface area contributed by atoms with Crippen molar-refractivity contribution in [2.24, 2.45) is 0 Å². The lowest BCUT2D eigenvalue weighted by Gasteiger charge is -2.10. The molecule has 0 amide bonds. The van der Waals surface area contributed by atoms with Crippen molar-refractivity contribution < 1.29 is 0 Å². The minimum absolute atomic E-state index is 0.674. The molecule has 0 aliphatic carbocycles. The maximum Gasteiger partial charge on any atom is 0.103 e. The second-order valence-electron chi connectivity index (χ2n) is 4.72. The highest BCUT2D eigenvalue weighted by Crippen LogP contribution is 2.18. The summed E-state index contributed by atoms with van der Waals surface area (Å²) in [6.07, 6.45) is 7.15. The van der Waals surface area contributed by atoms with Gasteiger partial charge in [-0.25, -0.2) is 0 Å². The van der Waals surface area contributed by atoms with Crippen LogP contribution in [0.15, 0.2) is 6.07 Å². The number of nitriles is 1. The molecule has 0 aliphatic rings. The highest BCUT2D eigenvalue weighted by molar-refractivity contribution is 7.98. The Bertz CT molecular complexity index is 438. The zero-order valence-electron chi connectivity index (χ0n) is 12.1. The molecule has 1 N–H and O–H groups in total. The summed E-state index contributed by atoms with van der Waals surface area (Å²) in [5, 5.41) is 12.5. The van der Waals surface area contributed by atoms with Crippen LogP contribution >= 0.6 is 11.8 Å². The number of pyridine rings is 1. The number of aromatic nitrogens is 1. The van der Waals surface area contributed by atoms with E-state index in [1.807, 2.05) is 31.7 Å². The first-order valence-corrected chi connectivity index (χ1v) is 8.19. The summed E-state index contributed by atoms with van der Waals surface area (Å²) in [5.41, 5.74) is 3.37. The molecule has 0 spiro atoms. The molecule has 19 heavy (non-hydrogen) atoms. The maximum absolute atomic E-state index is 9.16. The fourth-order valence-electron chi connectivity index (χ4n) is 2.06. The number of nitrogens with zero attached hydrogens (tertiary/aromatic N) is 2. The fraction of sp³-hybridized carbons (Fsp3) is 0.600. The van der Waals surface area contributed by atoms with E-state index >= 15 is 0 Å². The minimum Gasteiger partial charge on any atom is -0.384 e. The number of hydrogen-bond acceptors (Lipinski definition) is 4. The van der Waals surface area contributed by atoms with Gasteiger partial charge in [-0.15, -0.1) is 0 Å². The van der Waals surface area contributed by atoms with Crippen molar-refractivity contribution in [3.8, 4) is 6.07 Å². The van der Waals surface area contributed by atoms with Crippen molar-refractivity contribution in [3.05, 3.63) is 23.0 Å². The number of nitrogens with one attached hydrogen (secondary N) is 1. The van der Waals surface area contributed by atoms with Gasteiger partial charge in [-0.05, 0) is 44.8 Å². The van der Waals surface area contributed by atoms with Gasteiger partial charge in [-0.3, -0.25) is 4.98 Å². The lowest BCUT2D eigenvalue weighted by Crippen LogP contribution is -2.06. The molecule has 0 aromatic carbocycles. The highest BCUT2D eigenvalue weighted by Gasteiger charge is 2.07. The SMILES string of the molecule is CSCCCCCCNc1cc(C)nc(C)c1C#N. The van der Waals surface area contributed by atoms with E-state index < -0.39 is 0 Å². The van der Waals surface area contributed by atoms with Gasteiger partial charge in [-0.2, -0.15) is 17.0 Å². The quantitative estimate of drug-likeness (QED) is 0.732. The largest absolute Gasteiger partial charge is 0.384 e. The van der Waals surface area contributed by atoms with Gasteiger partial charge in [-0.1, -0.05) is 12.8 Å². The van der Waals surface area contributed by atoms with Crippen LogP contribution in [0.4, 0.5) is 5.69 Å². The second-order valence-corrected chi connectivity index (χ2v) is 5.70. The van der Waals surface area contributed by atoms with E-state index in [9.17, 15) is 0 Å². The Morgan fingerprint density at radius 2 is 2.00 bits per heavy atom. The number of hydrogen-bond donors (Lipinski definition) is 1. The summed E-state index contributed by atoms with van der Waals surface area (Å²) < 4.78 is 0. The van der Waals surface area contributed by atoms with Crippen LogP contribution in [-0.2, 0) is 0 Å². The third kappa shape index (κ3) is 5.52. The van der Waals surface area contributed by atoms with Gasteiger partial charge < -0.3 is 5.32 Å². The minimum atomic E-state index is 0.674. The van der Waals surface area contributed by atoms with Crippen molar-refractivity contribution in [2.75, 3.05) is 23.9 Å². The zero-order valence-corrected chi connectivity index (χ0v) is 12.9. The molecule has 0 unspecified atom stereocenters. The molecule has 1 heterocycles. The first-order valence-electron chi connectivity index (χ1n) is 6.80. The zero-order chi connectivity index (χ0) is 14.1. The Hall–Kier alpha value is -1.21. The Morgan fingerprint density at radius 1 is 1.26 bits per heavy atom. The number of aryl methyl sites for hydroxylation is 2. The van der Waals surface area contributed by atoms with Crippen LogP contribution in [0.3, 0.4) is 0 Å². The molecule has 4 heteroatoms. The monoisotopic (exact) mass is 277 g/mol. The number of rotatable bonds is 8. The predicted molar refractivity (Wildman–Crippen MR) is 83.8 cm³/mol. The van der Waals surface area contributed by atoms with Crippen molar-refractivity contribution in [2.45, 2.75) is 39.5 Å².